The Morgan fingerprint density at radius 2 is 1.71 bits per heavy atom. The molecule has 3 rings (SSSR count). The Morgan fingerprint density at radius 1 is 1.05 bits per heavy atom. The Kier molecular flexibility index (Phi) is 9.29. The van der Waals surface area contributed by atoms with Crippen molar-refractivity contribution in [3.63, 3.8) is 0 Å². The lowest BCUT2D eigenvalue weighted by atomic mass is 9.40. The molecule has 3 aliphatic rings. The summed E-state index contributed by atoms with van der Waals surface area (Å²) < 4.78 is 10.9. The third-order valence-corrected chi connectivity index (χ3v) is 11.1. The topological polar surface area (TPSA) is 130 Å². The average molecular weight is 539 g/mol. The van der Waals surface area contributed by atoms with E-state index in [2.05, 4.69) is 13.8 Å². The number of fused-ring (bicyclic) bond motifs is 3. The molecule has 8 nitrogen and oxygen atoms in total. The number of hydrogen-bond acceptors (Lipinski definition) is 7. The molecule has 0 spiro atoms. The van der Waals surface area contributed by atoms with Gasteiger partial charge in [-0.1, -0.05) is 20.8 Å². The van der Waals surface area contributed by atoms with Crippen molar-refractivity contribution in [3.8, 4) is 0 Å². The summed E-state index contributed by atoms with van der Waals surface area (Å²) in [6.45, 7) is 9.64. The van der Waals surface area contributed by atoms with Crippen molar-refractivity contribution >= 4 is 17.9 Å². The van der Waals surface area contributed by atoms with Gasteiger partial charge in [0.05, 0.1) is 30.7 Å². The van der Waals surface area contributed by atoms with Crippen LogP contribution in [0.1, 0.15) is 105 Å². The van der Waals surface area contributed by atoms with Gasteiger partial charge in [0.25, 0.3) is 0 Å². The van der Waals surface area contributed by atoms with Crippen LogP contribution < -0.4 is 0 Å². The van der Waals surface area contributed by atoms with Gasteiger partial charge in [0.2, 0.25) is 0 Å². The molecule has 8 heteroatoms. The van der Waals surface area contributed by atoms with Crippen LogP contribution in [0.5, 0.6) is 0 Å². The molecule has 0 saturated heterocycles. The van der Waals surface area contributed by atoms with Gasteiger partial charge < -0.3 is 24.8 Å². The fourth-order valence-electron chi connectivity index (χ4n) is 8.77. The summed E-state index contributed by atoms with van der Waals surface area (Å²) in [6.07, 6.45) is 7.10. The monoisotopic (exact) mass is 538 g/mol. The standard InChI is InChI=1S/C30H50O8/c1-7-19(17-27(2,18-31)26(35)37-6)25(34)38-21-11-14-28(3)20(16-21)10-13-29(4)22(28)12-15-30(5,36)23(29)8-9-24(32)33/h19-23,31,36H,7-18H2,1-6H3,(H,32,33)/t19?,20?,21?,22?,23?,27?,28-,29+,30-/m0/s1. The van der Waals surface area contributed by atoms with E-state index in [1.807, 2.05) is 13.8 Å². The number of esters is 2. The first-order valence-corrected chi connectivity index (χ1v) is 14.5. The molecule has 3 fully saturated rings. The molecule has 6 unspecified atom stereocenters. The number of hydrogen-bond donors (Lipinski definition) is 3. The summed E-state index contributed by atoms with van der Waals surface area (Å²) in [5, 5.41) is 30.5. The molecule has 0 radical (unpaired) electrons. The summed E-state index contributed by atoms with van der Waals surface area (Å²) in [7, 11) is 1.28. The number of aliphatic hydroxyl groups excluding tert-OH is 1. The number of carboxylic acids is 1. The van der Waals surface area contributed by atoms with Crippen LogP contribution in [0.4, 0.5) is 0 Å². The lowest BCUT2D eigenvalue weighted by Gasteiger charge is -2.65. The number of carbonyl (C=O) groups excluding carboxylic acids is 2. The van der Waals surface area contributed by atoms with Crippen LogP contribution in [0.3, 0.4) is 0 Å². The second-order valence-electron chi connectivity index (χ2n) is 13.5. The van der Waals surface area contributed by atoms with Gasteiger partial charge in [-0.2, -0.15) is 0 Å². The van der Waals surface area contributed by atoms with E-state index in [0.717, 1.165) is 38.5 Å². The minimum Gasteiger partial charge on any atom is -0.481 e. The second-order valence-corrected chi connectivity index (χ2v) is 13.5. The molecule has 0 aromatic heterocycles. The molecule has 0 aromatic carbocycles. The third-order valence-electron chi connectivity index (χ3n) is 11.1. The average Bonchev–Trinajstić information content (AvgIpc) is 2.85. The quantitative estimate of drug-likeness (QED) is 0.340. The Bertz CT molecular complexity index is 885. The first-order valence-electron chi connectivity index (χ1n) is 14.5. The third kappa shape index (κ3) is 5.77. The molecule has 3 saturated carbocycles. The van der Waals surface area contributed by atoms with Crippen molar-refractivity contribution < 1.29 is 39.2 Å². The molecule has 0 bridgehead atoms. The van der Waals surface area contributed by atoms with Crippen LogP contribution in [0.15, 0.2) is 0 Å². The van der Waals surface area contributed by atoms with Crippen molar-refractivity contribution in [1.82, 2.24) is 0 Å². The SMILES string of the molecule is CCC(CC(C)(CO)C(=O)OC)C(=O)OC1CC[C@@]2(C)C(CC[C@]3(C)C2CC[C@](C)(O)C3CCC(=O)O)C1. The minimum absolute atomic E-state index is 0.0540. The van der Waals surface area contributed by atoms with Crippen LogP contribution in [-0.4, -0.2) is 58.6 Å². The highest BCUT2D eigenvalue weighted by molar-refractivity contribution is 5.78. The van der Waals surface area contributed by atoms with Crippen molar-refractivity contribution in [3.05, 3.63) is 0 Å². The highest BCUT2D eigenvalue weighted by Crippen LogP contribution is 2.67. The van der Waals surface area contributed by atoms with E-state index in [9.17, 15) is 29.7 Å². The molecule has 3 aliphatic carbocycles. The fraction of sp³-hybridized carbons (Fsp3) is 0.900. The van der Waals surface area contributed by atoms with Crippen molar-refractivity contribution in [2.75, 3.05) is 13.7 Å². The first-order chi connectivity index (χ1) is 17.7. The van der Waals surface area contributed by atoms with Gasteiger partial charge in [-0.3, -0.25) is 14.4 Å². The zero-order valence-corrected chi connectivity index (χ0v) is 24.3. The van der Waals surface area contributed by atoms with Gasteiger partial charge in [0, 0.05) is 6.42 Å². The van der Waals surface area contributed by atoms with Crippen LogP contribution in [0.25, 0.3) is 0 Å². The highest BCUT2D eigenvalue weighted by Gasteiger charge is 2.62. The predicted molar refractivity (Wildman–Crippen MR) is 142 cm³/mol. The van der Waals surface area contributed by atoms with Gasteiger partial charge in [-0.15, -0.1) is 0 Å². The predicted octanol–water partition coefficient (Wildman–Crippen LogP) is 4.73. The molecule has 0 amide bonds. The number of aliphatic hydroxyl groups is 2. The zero-order chi connectivity index (χ0) is 28.5. The number of methoxy groups -OCH3 is 1. The van der Waals surface area contributed by atoms with E-state index in [4.69, 9.17) is 9.47 Å². The van der Waals surface area contributed by atoms with Gasteiger partial charge in [-0.05, 0) is 107 Å². The number of ether oxygens (including phenoxy) is 2. The van der Waals surface area contributed by atoms with E-state index in [1.165, 1.54) is 7.11 Å². The molecule has 9 atom stereocenters. The van der Waals surface area contributed by atoms with Crippen LogP contribution in [0, 0.1) is 39.9 Å². The Balaban J connectivity index is 1.70. The molecule has 3 N–H and O–H groups in total. The molecular formula is C30H50O8. The second kappa shape index (κ2) is 11.4. The van der Waals surface area contributed by atoms with E-state index in [-0.39, 0.29) is 41.7 Å². The van der Waals surface area contributed by atoms with Crippen LogP contribution >= 0.6 is 0 Å². The van der Waals surface area contributed by atoms with Crippen molar-refractivity contribution in [1.29, 1.82) is 0 Å². The number of carbonyl (C=O) groups is 3. The zero-order valence-electron chi connectivity index (χ0n) is 24.3. The summed E-state index contributed by atoms with van der Waals surface area (Å²) in [5.41, 5.74) is -2.08. The smallest absolute Gasteiger partial charge is 0.313 e. The summed E-state index contributed by atoms with van der Waals surface area (Å²) in [6, 6.07) is 0. The van der Waals surface area contributed by atoms with Gasteiger partial charge in [-0.25, -0.2) is 0 Å². The molecule has 0 aliphatic heterocycles. The van der Waals surface area contributed by atoms with Gasteiger partial charge >= 0.3 is 17.9 Å². The Hall–Kier alpha value is -1.67. The number of carboxylic acid groups (broad SMARTS) is 1. The molecule has 218 valence electrons. The van der Waals surface area contributed by atoms with Gasteiger partial charge in [0.1, 0.15) is 6.10 Å². The van der Waals surface area contributed by atoms with Crippen molar-refractivity contribution in [2.45, 2.75) is 117 Å². The van der Waals surface area contributed by atoms with Crippen LogP contribution in [-0.2, 0) is 23.9 Å². The van der Waals surface area contributed by atoms with E-state index < -0.39 is 35.5 Å². The van der Waals surface area contributed by atoms with Crippen LogP contribution in [0.2, 0.25) is 0 Å². The summed E-state index contributed by atoms with van der Waals surface area (Å²) >= 11 is 0. The molecular weight excluding hydrogens is 488 g/mol. The Morgan fingerprint density at radius 3 is 2.29 bits per heavy atom. The summed E-state index contributed by atoms with van der Waals surface area (Å²) in [5.74, 6) is -1.42. The largest absolute Gasteiger partial charge is 0.481 e. The maximum atomic E-state index is 13.2. The Labute approximate surface area is 227 Å². The normalized spacial score (nSPS) is 39.2. The van der Waals surface area contributed by atoms with E-state index >= 15 is 0 Å². The lowest BCUT2D eigenvalue weighted by Crippen LogP contribution is -2.61. The lowest BCUT2D eigenvalue weighted by molar-refractivity contribution is -0.205. The number of aliphatic carboxylic acids is 1. The maximum Gasteiger partial charge on any atom is 0.313 e. The van der Waals surface area contributed by atoms with Gasteiger partial charge in [0.15, 0.2) is 0 Å². The maximum absolute atomic E-state index is 13.2. The molecule has 0 heterocycles. The summed E-state index contributed by atoms with van der Waals surface area (Å²) in [4.78, 5) is 36.8. The molecule has 38 heavy (non-hydrogen) atoms. The van der Waals surface area contributed by atoms with E-state index in [0.29, 0.717) is 31.1 Å². The number of rotatable bonds is 10. The molecule has 0 aromatic rings. The minimum atomic E-state index is -1.15. The highest BCUT2D eigenvalue weighted by atomic mass is 16.5. The fourth-order valence-corrected chi connectivity index (χ4v) is 8.77. The van der Waals surface area contributed by atoms with Crippen molar-refractivity contribution in [2.24, 2.45) is 39.9 Å². The first kappa shape index (κ1) is 30.9. The van der Waals surface area contributed by atoms with E-state index in [1.54, 1.807) is 6.92 Å².